The molecule has 1 unspecified atom stereocenters. The van der Waals surface area contributed by atoms with Crippen LogP contribution >= 0.6 is 11.3 Å². The molecule has 1 atom stereocenters. The zero-order valence-corrected chi connectivity index (χ0v) is 18.2. The fraction of sp³-hybridized carbons (Fsp3) is 0.304. The fourth-order valence-corrected chi connectivity index (χ4v) is 4.78. The summed E-state index contributed by atoms with van der Waals surface area (Å²) in [6.07, 6.45) is 6.32. The van der Waals surface area contributed by atoms with Gasteiger partial charge in [-0.15, -0.1) is 16.4 Å². The normalized spacial score (nSPS) is 15.2. The number of carbonyl (C=O) groups is 2. The number of nitrogens with one attached hydrogen (secondary N) is 2. The molecule has 2 N–H and O–H groups in total. The largest absolute Gasteiger partial charge is 0.347 e. The minimum absolute atomic E-state index is 0.0292. The lowest BCUT2D eigenvalue weighted by Crippen LogP contribution is -2.21. The number of aromatic nitrogens is 3. The van der Waals surface area contributed by atoms with Gasteiger partial charge < -0.3 is 10.6 Å². The molecular formula is C23H25N5O2S. The second-order valence-corrected chi connectivity index (χ2v) is 8.97. The third-order valence-electron chi connectivity index (χ3n) is 5.35. The molecule has 1 aromatic carbocycles. The average molecular weight is 436 g/mol. The minimum Gasteiger partial charge on any atom is -0.347 e. The van der Waals surface area contributed by atoms with Crippen molar-refractivity contribution in [1.82, 2.24) is 25.6 Å². The molecule has 2 heterocycles. The van der Waals surface area contributed by atoms with Crippen LogP contribution in [0.25, 0.3) is 5.69 Å². The third-order valence-corrected chi connectivity index (χ3v) is 6.59. The van der Waals surface area contributed by atoms with Gasteiger partial charge in [0.2, 0.25) is 5.91 Å². The lowest BCUT2D eigenvalue weighted by atomic mass is 9.90. The Labute approximate surface area is 185 Å². The monoisotopic (exact) mass is 435 g/mol. The van der Waals surface area contributed by atoms with Gasteiger partial charge in [-0.2, -0.15) is 0 Å². The van der Waals surface area contributed by atoms with E-state index in [9.17, 15) is 9.59 Å². The Morgan fingerprint density at radius 2 is 2.16 bits per heavy atom. The molecule has 1 aliphatic rings. The van der Waals surface area contributed by atoms with Crippen LogP contribution in [0.15, 0.2) is 49.2 Å². The number of rotatable bonds is 7. The lowest BCUT2D eigenvalue weighted by Gasteiger charge is -2.16. The SMILES string of the molecule is C=CC(=O)NCc1cn(-c2cccc(CNC(=O)c3cc4c(s3)CCC(C)C4)c2)nn1. The molecule has 3 aromatic rings. The van der Waals surface area contributed by atoms with Crippen molar-refractivity contribution in [3.05, 3.63) is 75.8 Å². The number of carbonyl (C=O) groups excluding carboxylic acids is 2. The van der Waals surface area contributed by atoms with Crippen molar-refractivity contribution in [3.63, 3.8) is 0 Å². The molecule has 0 saturated carbocycles. The molecule has 8 heteroatoms. The molecule has 1 aliphatic carbocycles. The Hall–Kier alpha value is -3.26. The van der Waals surface area contributed by atoms with E-state index in [1.54, 1.807) is 22.2 Å². The van der Waals surface area contributed by atoms with Gasteiger partial charge >= 0.3 is 0 Å². The number of benzene rings is 1. The Morgan fingerprint density at radius 3 is 3.00 bits per heavy atom. The van der Waals surface area contributed by atoms with Crippen LogP contribution in [0.4, 0.5) is 0 Å². The summed E-state index contributed by atoms with van der Waals surface area (Å²) in [4.78, 5) is 26.1. The summed E-state index contributed by atoms with van der Waals surface area (Å²) in [6, 6.07) is 9.82. The van der Waals surface area contributed by atoms with Gasteiger partial charge in [0.25, 0.3) is 5.91 Å². The second kappa shape index (κ2) is 9.26. The Balaban J connectivity index is 1.38. The smallest absolute Gasteiger partial charge is 0.261 e. The molecule has 0 fully saturated rings. The summed E-state index contributed by atoms with van der Waals surface area (Å²) < 4.78 is 1.65. The first kappa shape index (κ1) is 21.0. The van der Waals surface area contributed by atoms with Crippen LogP contribution in [0.3, 0.4) is 0 Å². The predicted octanol–water partition coefficient (Wildman–Crippen LogP) is 3.19. The van der Waals surface area contributed by atoms with Crippen LogP contribution in [0, 0.1) is 5.92 Å². The molecular weight excluding hydrogens is 410 g/mol. The predicted molar refractivity (Wildman–Crippen MR) is 120 cm³/mol. The standard InChI is InChI=1S/C23H25N5O2S/c1-3-22(29)24-13-18-14-28(27-26-18)19-6-4-5-16(10-19)12-25-23(30)21-11-17-9-15(2)7-8-20(17)31-21/h3-6,10-11,14-15H,1,7-9,12-13H2,2H3,(H,24,29)(H,25,30). The van der Waals surface area contributed by atoms with Crippen molar-refractivity contribution in [2.45, 2.75) is 39.3 Å². The molecule has 160 valence electrons. The Bertz CT molecular complexity index is 1120. The summed E-state index contributed by atoms with van der Waals surface area (Å²) in [5.74, 6) is 0.406. The molecule has 0 radical (unpaired) electrons. The molecule has 0 saturated heterocycles. The summed E-state index contributed by atoms with van der Waals surface area (Å²) in [6.45, 7) is 6.40. The molecule has 31 heavy (non-hydrogen) atoms. The van der Waals surface area contributed by atoms with Gasteiger partial charge in [-0.05, 0) is 60.6 Å². The maximum atomic E-state index is 12.7. The Morgan fingerprint density at radius 1 is 1.29 bits per heavy atom. The first-order valence-corrected chi connectivity index (χ1v) is 11.1. The van der Waals surface area contributed by atoms with Crippen molar-refractivity contribution in [2.75, 3.05) is 0 Å². The maximum absolute atomic E-state index is 12.7. The number of aryl methyl sites for hydroxylation is 1. The molecule has 0 bridgehead atoms. The summed E-state index contributed by atoms with van der Waals surface area (Å²) >= 11 is 1.62. The molecule has 0 spiro atoms. The van der Waals surface area contributed by atoms with Gasteiger partial charge in [0.15, 0.2) is 0 Å². The van der Waals surface area contributed by atoms with E-state index in [2.05, 4.69) is 40.5 Å². The fourth-order valence-electron chi connectivity index (χ4n) is 3.65. The number of amides is 2. The third kappa shape index (κ3) is 5.08. The zero-order chi connectivity index (χ0) is 21.8. The van der Waals surface area contributed by atoms with Crippen LogP contribution in [0.2, 0.25) is 0 Å². The van der Waals surface area contributed by atoms with Gasteiger partial charge in [-0.3, -0.25) is 9.59 Å². The van der Waals surface area contributed by atoms with Gasteiger partial charge in [0.05, 0.1) is 23.3 Å². The highest BCUT2D eigenvalue weighted by Crippen LogP contribution is 2.32. The van der Waals surface area contributed by atoms with Crippen molar-refractivity contribution in [3.8, 4) is 5.69 Å². The van der Waals surface area contributed by atoms with Gasteiger partial charge in [0.1, 0.15) is 5.69 Å². The van der Waals surface area contributed by atoms with E-state index in [4.69, 9.17) is 0 Å². The lowest BCUT2D eigenvalue weighted by molar-refractivity contribution is -0.116. The molecule has 0 aliphatic heterocycles. The van der Waals surface area contributed by atoms with Crippen LogP contribution in [0.5, 0.6) is 0 Å². The zero-order valence-electron chi connectivity index (χ0n) is 17.4. The number of thiophene rings is 1. The highest BCUT2D eigenvalue weighted by Gasteiger charge is 2.20. The van der Waals surface area contributed by atoms with Crippen LogP contribution in [0.1, 0.15) is 44.7 Å². The highest BCUT2D eigenvalue weighted by molar-refractivity contribution is 7.14. The molecule has 2 amide bonds. The number of fused-ring (bicyclic) bond motifs is 1. The topological polar surface area (TPSA) is 88.9 Å². The number of hydrogen-bond acceptors (Lipinski definition) is 5. The average Bonchev–Trinajstić information content (AvgIpc) is 3.43. The van der Waals surface area contributed by atoms with E-state index in [0.29, 0.717) is 18.2 Å². The van der Waals surface area contributed by atoms with Crippen molar-refractivity contribution in [2.24, 2.45) is 5.92 Å². The Kier molecular flexibility index (Phi) is 6.27. The van der Waals surface area contributed by atoms with Gasteiger partial charge in [-0.25, -0.2) is 4.68 Å². The molecule has 2 aromatic heterocycles. The molecule has 7 nitrogen and oxygen atoms in total. The number of hydrogen-bond donors (Lipinski definition) is 2. The van der Waals surface area contributed by atoms with E-state index in [-0.39, 0.29) is 18.4 Å². The quantitative estimate of drug-likeness (QED) is 0.558. The van der Waals surface area contributed by atoms with Crippen molar-refractivity contribution in [1.29, 1.82) is 0 Å². The van der Waals surface area contributed by atoms with Crippen LogP contribution < -0.4 is 10.6 Å². The van der Waals surface area contributed by atoms with Crippen LogP contribution in [-0.2, 0) is 30.7 Å². The van der Waals surface area contributed by atoms with E-state index in [0.717, 1.165) is 29.0 Å². The van der Waals surface area contributed by atoms with E-state index in [1.165, 1.54) is 22.9 Å². The molecule has 4 rings (SSSR count). The second-order valence-electron chi connectivity index (χ2n) is 7.84. The van der Waals surface area contributed by atoms with Crippen LogP contribution in [-0.4, -0.2) is 26.8 Å². The summed E-state index contributed by atoms with van der Waals surface area (Å²) in [5, 5.41) is 13.9. The first-order valence-electron chi connectivity index (χ1n) is 10.3. The van der Waals surface area contributed by atoms with Crippen molar-refractivity contribution >= 4 is 23.2 Å². The van der Waals surface area contributed by atoms with E-state index >= 15 is 0 Å². The summed E-state index contributed by atoms with van der Waals surface area (Å²) in [5.41, 5.74) is 3.78. The van der Waals surface area contributed by atoms with E-state index in [1.807, 2.05) is 24.3 Å². The first-order chi connectivity index (χ1) is 15.0. The number of nitrogens with zero attached hydrogens (tertiary/aromatic N) is 3. The summed E-state index contributed by atoms with van der Waals surface area (Å²) in [7, 11) is 0. The maximum Gasteiger partial charge on any atom is 0.261 e. The van der Waals surface area contributed by atoms with Gasteiger partial charge in [-0.1, -0.05) is 30.8 Å². The minimum atomic E-state index is -0.256. The van der Waals surface area contributed by atoms with E-state index < -0.39 is 0 Å². The highest BCUT2D eigenvalue weighted by atomic mass is 32.1. The van der Waals surface area contributed by atoms with Gasteiger partial charge in [0, 0.05) is 11.4 Å². The van der Waals surface area contributed by atoms with Crippen molar-refractivity contribution < 1.29 is 9.59 Å².